The Labute approximate surface area is 218 Å². The van der Waals surface area contributed by atoms with Crippen molar-refractivity contribution in [1.29, 1.82) is 0 Å². The van der Waals surface area contributed by atoms with Gasteiger partial charge in [-0.05, 0) is 38.3 Å². The second-order valence-corrected chi connectivity index (χ2v) is 11.9. The largest absolute Gasteiger partial charge is 0.393 e. The number of aromatic nitrogens is 4. The molecule has 2 aliphatic rings. The molecule has 16 heteroatoms. The van der Waals surface area contributed by atoms with Gasteiger partial charge in [0.15, 0.2) is 11.9 Å². The Kier molecular flexibility index (Phi) is 8.76. The Morgan fingerprint density at radius 1 is 1.27 bits per heavy atom. The van der Waals surface area contributed by atoms with Crippen LogP contribution in [0, 0.1) is 0 Å². The zero-order valence-electron chi connectivity index (χ0n) is 20.5. The third-order valence-corrected chi connectivity index (χ3v) is 8.27. The molecule has 0 bridgehead atoms. The summed E-state index contributed by atoms with van der Waals surface area (Å²) in [6.45, 7) is 1.10. The molecule has 3 heterocycles. The number of anilines is 1. The molecule has 0 aromatic carbocycles. The van der Waals surface area contributed by atoms with Crippen LogP contribution in [0.4, 0.5) is 5.82 Å². The molecule has 0 spiro atoms. The maximum atomic E-state index is 12.2. The molecule has 1 aliphatic carbocycles. The molecule has 5 atom stereocenters. The summed E-state index contributed by atoms with van der Waals surface area (Å²) in [7, 11) is -5.03. The van der Waals surface area contributed by atoms with Crippen LogP contribution >= 0.6 is 19.2 Å². The minimum absolute atomic E-state index is 0.0396. The molecular formula is C21H33ClN5O9P. The maximum absolute atomic E-state index is 12.2. The first-order chi connectivity index (χ1) is 17.5. The lowest BCUT2D eigenvalue weighted by molar-refractivity contribution is -0.134. The number of aliphatic hydroxyl groups excluding tert-OH is 3. The summed E-state index contributed by atoms with van der Waals surface area (Å²) in [5.74, 6) is 0.501. The van der Waals surface area contributed by atoms with Crippen molar-refractivity contribution < 1.29 is 43.9 Å². The van der Waals surface area contributed by atoms with E-state index in [1.807, 2.05) is 0 Å². The molecule has 4 rings (SSSR count). The molecule has 37 heavy (non-hydrogen) atoms. The first-order valence-electron chi connectivity index (χ1n) is 12.1. The van der Waals surface area contributed by atoms with Gasteiger partial charge in [0, 0.05) is 6.04 Å². The van der Waals surface area contributed by atoms with Crippen LogP contribution in [-0.4, -0.2) is 100 Å². The number of aliphatic hydroxyl groups is 3. The van der Waals surface area contributed by atoms with Crippen LogP contribution in [0.5, 0.6) is 0 Å². The normalized spacial score (nSPS) is 26.8. The third kappa shape index (κ3) is 5.93. The average molecular weight is 566 g/mol. The first-order valence-corrected chi connectivity index (χ1v) is 14.1. The average Bonchev–Trinajstić information content (AvgIpc) is 3.55. The van der Waals surface area contributed by atoms with Gasteiger partial charge in [-0.25, -0.2) is 4.68 Å². The minimum Gasteiger partial charge on any atom is -0.393 e. The quantitative estimate of drug-likeness (QED) is 0.165. The summed E-state index contributed by atoms with van der Waals surface area (Å²) in [6, 6.07) is 0.245. The highest BCUT2D eigenvalue weighted by atomic mass is 35.5. The molecule has 1 saturated carbocycles. The van der Waals surface area contributed by atoms with E-state index in [2.05, 4.69) is 20.4 Å². The second-order valence-electron chi connectivity index (χ2n) is 9.66. The molecule has 14 nitrogen and oxygen atoms in total. The number of halogens is 1. The van der Waals surface area contributed by atoms with Crippen molar-refractivity contribution in [3.8, 4) is 0 Å². The Balaban J connectivity index is 1.54. The number of hydrogen-bond donors (Lipinski definition) is 6. The molecule has 0 unspecified atom stereocenters. The van der Waals surface area contributed by atoms with Crippen LogP contribution < -0.4 is 5.32 Å². The number of ether oxygens (including phenoxy) is 3. The van der Waals surface area contributed by atoms with Gasteiger partial charge in [-0.2, -0.15) is 15.1 Å². The molecule has 1 saturated heterocycles. The zero-order valence-corrected chi connectivity index (χ0v) is 22.1. The summed E-state index contributed by atoms with van der Waals surface area (Å²) < 4.78 is 30.0. The van der Waals surface area contributed by atoms with Crippen molar-refractivity contribution in [2.45, 2.75) is 81.6 Å². The summed E-state index contributed by atoms with van der Waals surface area (Å²) in [5.41, 5.74) is 0.267. The Hall–Kier alpha value is -1.45. The number of nitrogens with zero attached hydrogens (tertiary/aromatic N) is 4. The van der Waals surface area contributed by atoms with Gasteiger partial charge in [0.25, 0.3) is 0 Å². The molecule has 2 aromatic rings. The van der Waals surface area contributed by atoms with Crippen LogP contribution in [0.1, 0.15) is 45.8 Å². The monoisotopic (exact) mass is 565 g/mol. The van der Waals surface area contributed by atoms with Crippen LogP contribution in [0.25, 0.3) is 11.0 Å². The van der Waals surface area contributed by atoms with E-state index in [0.29, 0.717) is 11.2 Å². The number of nitrogens with one attached hydrogen (secondary N) is 1. The van der Waals surface area contributed by atoms with Gasteiger partial charge >= 0.3 is 7.60 Å². The Morgan fingerprint density at radius 3 is 2.59 bits per heavy atom. The predicted molar refractivity (Wildman–Crippen MR) is 131 cm³/mol. The van der Waals surface area contributed by atoms with E-state index in [1.165, 1.54) is 10.9 Å². The van der Waals surface area contributed by atoms with E-state index in [0.717, 1.165) is 25.7 Å². The lowest BCUT2D eigenvalue weighted by atomic mass is 10.1. The van der Waals surface area contributed by atoms with E-state index in [1.54, 1.807) is 13.8 Å². The third-order valence-electron chi connectivity index (χ3n) is 6.64. The highest BCUT2D eigenvalue weighted by molar-refractivity contribution is 7.53. The minimum atomic E-state index is -5.03. The van der Waals surface area contributed by atoms with Crippen molar-refractivity contribution >= 4 is 36.0 Å². The SMILES string of the molecule is CC(C)OC[C@](CO)(OC[C@H]1O[C@@H](n2ncc3c(NC4CCCC4)nc(Cl)nc32)[C@H](O)[C@@H]1O)P(=O)(O)O. The van der Waals surface area contributed by atoms with Gasteiger partial charge in [-0.1, -0.05) is 12.8 Å². The van der Waals surface area contributed by atoms with Crippen LogP contribution in [-0.2, 0) is 18.8 Å². The Morgan fingerprint density at radius 2 is 1.97 bits per heavy atom. The summed E-state index contributed by atoms with van der Waals surface area (Å²) in [4.78, 5) is 28.2. The van der Waals surface area contributed by atoms with Crippen LogP contribution in [0.15, 0.2) is 6.20 Å². The lowest BCUT2D eigenvalue weighted by Gasteiger charge is -2.33. The molecule has 0 amide bonds. The van der Waals surface area contributed by atoms with Crippen LogP contribution in [0.3, 0.4) is 0 Å². The van der Waals surface area contributed by atoms with E-state index >= 15 is 0 Å². The molecular weight excluding hydrogens is 533 g/mol. The molecule has 0 radical (unpaired) electrons. The number of rotatable bonds is 11. The lowest BCUT2D eigenvalue weighted by Crippen LogP contribution is -2.45. The summed E-state index contributed by atoms with van der Waals surface area (Å²) >= 11 is 6.16. The van der Waals surface area contributed by atoms with Crippen molar-refractivity contribution in [2.24, 2.45) is 0 Å². The highest BCUT2D eigenvalue weighted by Crippen LogP contribution is 2.51. The van der Waals surface area contributed by atoms with Gasteiger partial charge < -0.3 is 44.6 Å². The predicted octanol–water partition coefficient (Wildman–Crippen LogP) is 0.761. The highest BCUT2D eigenvalue weighted by Gasteiger charge is 2.51. The molecule has 2 fully saturated rings. The summed E-state index contributed by atoms with van der Waals surface area (Å²) in [5, 5.41) is 36.9. The standard InChI is InChI=1S/C21H33ClN5O9P/c1-11(2)34-10-21(9-28,37(31,32)33)35-8-14-15(29)16(30)19(36-14)27-18-13(7-23-27)17(25-20(22)26-18)24-12-5-3-4-6-12/h7,11-12,14-16,19,28-30H,3-6,8-10H2,1-2H3,(H,24,25,26)(H2,31,32,33)/t14-,15-,16-,19-,21-/m1/s1. The molecule has 208 valence electrons. The number of fused-ring (bicyclic) bond motifs is 1. The van der Waals surface area contributed by atoms with Crippen molar-refractivity contribution in [1.82, 2.24) is 19.7 Å². The van der Waals surface area contributed by atoms with Gasteiger partial charge in [0.05, 0.1) is 37.5 Å². The topological polar surface area (TPSA) is 202 Å². The zero-order chi connectivity index (χ0) is 27.0. The van der Waals surface area contributed by atoms with Gasteiger partial charge in [-0.3, -0.25) is 4.57 Å². The van der Waals surface area contributed by atoms with Gasteiger partial charge in [0.1, 0.15) is 24.1 Å². The fraction of sp³-hybridized carbons (Fsp3) is 0.762. The second kappa shape index (κ2) is 11.3. The van der Waals surface area contributed by atoms with E-state index in [-0.39, 0.29) is 17.0 Å². The fourth-order valence-corrected chi connectivity index (χ4v) is 5.29. The van der Waals surface area contributed by atoms with E-state index < -0.39 is 63.4 Å². The smallest absolute Gasteiger partial charge is 0.361 e. The van der Waals surface area contributed by atoms with E-state index in [9.17, 15) is 29.7 Å². The molecule has 1 aliphatic heterocycles. The van der Waals surface area contributed by atoms with Gasteiger partial charge in [-0.15, -0.1) is 0 Å². The van der Waals surface area contributed by atoms with Gasteiger partial charge in [0.2, 0.25) is 10.6 Å². The first kappa shape index (κ1) is 28.6. The summed E-state index contributed by atoms with van der Waals surface area (Å²) in [6.07, 6.45) is -0.0700. The van der Waals surface area contributed by atoms with Crippen molar-refractivity contribution in [2.75, 3.05) is 25.1 Å². The Bertz CT molecular complexity index is 1130. The fourth-order valence-electron chi connectivity index (χ4n) is 4.46. The molecule has 6 N–H and O–H groups in total. The van der Waals surface area contributed by atoms with Crippen LogP contribution in [0.2, 0.25) is 5.28 Å². The van der Waals surface area contributed by atoms with E-state index in [4.69, 9.17) is 25.8 Å². The molecule has 2 aromatic heterocycles. The number of hydrogen-bond acceptors (Lipinski definition) is 11. The van der Waals surface area contributed by atoms with Crippen molar-refractivity contribution in [3.05, 3.63) is 11.5 Å². The van der Waals surface area contributed by atoms with Crippen molar-refractivity contribution in [3.63, 3.8) is 0 Å². The maximum Gasteiger partial charge on any atom is 0.361 e.